The van der Waals surface area contributed by atoms with Crippen LogP contribution in [0.2, 0.25) is 0 Å². The minimum atomic E-state index is -0.127. The maximum Gasteiger partial charge on any atom is 0.247 e. The highest BCUT2D eigenvalue weighted by Gasteiger charge is 2.13. The summed E-state index contributed by atoms with van der Waals surface area (Å²) in [5.41, 5.74) is 4.22. The number of nitrogens with one attached hydrogen (secondary N) is 1. The van der Waals surface area contributed by atoms with Crippen molar-refractivity contribution in [3.8, 4) is 0 Å². The van der Waals surface area contributed by atoms with E-state index < -0.39 is 0 Å². The Bertz CT molecular complexity index is 1110. The van der Waals surface area contributed by atoms with Crippen LogP contribution >= 0.6 is 0 Å². The molecule has 4 rings (SSSR count). The quantitative estimate of drug-likeness (QED) is 0.593. The number of carbonyl (C=O) groups is 1. The van der Waals surface area contributed by atoms with Gasteiger partial charge in [0.25, 0.3) is 0 Å². The first kappa shape index (κ1) is 17.0. The molecular formula is C21H21N5O. The van der Waals surface area contributed by atoms with Crippen molar-refractivity contribution in [2.75, 3.05) is 5.32 Å². The van der Waals surface area contributed by atoms with Crippen molar-refractivity contribution in [3.05, 3.63) is 77.6 Å². The van der Waals surface area contributed by atoms with Crippen LogP contribution in [-0.2, 0) is 17.9 Å². The van der Waals surface area contributed by atoms with E-state index in [4.69, 9.17) is 0 Å². The van der Waals surface area contributed by atoms with Crippen LogP contribution in [0.3, 0.4) is 0 Å². The van der Waals surface area contributed by atoms with E-state index in [2.05, 4.69) is 40.6 Å². The fourth-order valence-electron chi connectivity index (χ4n) is 3.20. The maximum absolute atomic E-state index is 12.6. The molecule has 0 bridgehead atoms. The molecule has 0 radical (unpaired) electrons. The van der Waals surface area contributed by atoms with E-state index >= 15 is 0 Å². The molecule has 0 fully saturated rings. The number of anilines is 1. The van der Waals surface area contributed by atoms with Crippen molar-refractivity contribution in [2.24, 2.45) is 0 Å². The van der Waals surface area contributed by atoms with E-state index in [-0.39, 0.29) is 12.5 Å². The van der Waals surface area contributed by atoms with Crippen molar-refractivity contribution in [1.29, 1.82) is 0 Å². The van der Waals surface area contributed by atoms with Gasteiger partial charge in [0.15, 0.2) is 0 Å². The Morgan fingerprint density at radius 2 is 1.81 bits per heavy atom. The second-order valence-electron chi connectivity index (χ2n) is 6.73. The molecule has 136 valence electrons. The third-order valence-corrected chi connectivity index (χ3v) is 4.54. The molecule has 1 N–H and O–H groups in total. The van der Waals surface area contributed by atoms with Crippen molar-refractivity contribution < 1.29 is 4.79 Å². The topological polar surface area (TPSA) is 64.7 Å². The Kier molecular flexibility index (Phi) is 4.46. The molecule has 0 unspecified atom stereocenters. The van der Waals surface area contributed by atoms with Gasteiger partial charge < -0.3 is 5.32 Å². The maximum atomic E-state index is 12.6. The molecule has 0 aliphatic rings. The fourth-order valence-corrected chi connectivity index (χ4v) is 3.20. The van der Waals surface area contributed by atoms with Crippen LogP contribution in [0.15, 0.2) is 60.9 Å². The summed E-state index contributed by atoms with van der Waals surface area (Å²) in [6, 6.07) is 16.1. The van der Waals surface area contributed by atoms with E-state index in [0.29, 0.717) is 6.54 Å². The number of aryl methyl sites for hydroxylation is 2. The highest BCUT2D eigenvalue weighted by atomic mass is 16.2. The number of hydrogen-bond donors (Lipinski definition) is 1. The Labute approximate surface area is 157 Å². The van der Waals surface area contributed by atoms with Crippen molar-refractivity contribution in [1.82, 2.24) is 19.6 Å². The van der Waals surface area contributed by atoms with E-state index in [0.717, 1.165) is 27.8 Å². The normalized spacial score (nSPS) is 11.0. The van der Waals surface area contributed by atoms with Gasteiger partial charge in [-0.15, -0.1) is 0 Å². The predicted octanol–water partition coefficient (Wildman–Crippen LogP) is 3.54. The summed E-state index contributed by atoms with van der Waals surface area (Å²) in [5, 5.41) is 12.8. The monoisotopic (exact) mass is 359 g/mol. The van der Waals surface area contributed by atoms with Crippen LogP contribution in [-0.4, -0.2) is 25.5 Å². The van der Waals surface area contributed by atoms with Crippen LogP contribution < -0.4 is 5.32 Å². The summed E-state index contributed by atoms with van der Waals surface area (Å²) in [7, 11) is 0. The van der Waals surface area contributed by atoms with Crippen molar-refractivity contribution in [3.63, 3.8) is 0 Å². The first-order valence-electron chi connectivity index (χ1n) is 8.88. The second kappa shape index (κ2) is 7.07. The molecule has 0 aliphatic carbocycles. The number of benzene rings is 2. The summed E-state index contributed by atoms with van der Waals surface area (Å²) in [6.07, 6.45) is 3.55. The highest BCUT2D eigenvalue weighted by Crippen LogP contribution is 2.17. The minimum Gasteiger partial charge on any atom is -0.309 e. The Balaban J connectivity index is 1.52. The third-order valence-electron chi connectivity index (χ3n) is 4.54. The van der Waals surface area contributed by atoms with E-state index in [9.17, 15) is 4.79 Å². The van der Waals surface area contributed by atoms with Gasteiger partial charge in [-0.05, 0) is 25.5 Å². The van der Waals surface area contributed by atoms with Crippen LogP contribution in [0, 0.1) is 13.8 Å². The molecule has 2 aromatic carbocycles. The molecule has 0 saturated heterocycles. The lowest BCUT2D eigenvalue weighted by Gasteiger charge is -2.11. The summed E-state index contributed by atoms with van der Waals surface area (Å²) in [5.74, 6) is 0.593. The van der Waals surface area contributed by atoms with Crippen molar-refractivity contribution >= 4 is 22.6 Å². The van der Waals surface area contributed by atoms with Gasteiger partial charge in [0.1, 0.15) is 12.4 Å². The summed E-state index contributed by atoms with van der Waals surface area (Å²) in [4.78, 5) is 12.6. The van der Waals surface area contributed by atoms with Gasteiger partial charge in [-0.1, -0.05) is 48.0 Å². The predicted molar refractivity (Wildman–Crippen MR) is 106 cm³/mol. The molecular weight excluding hydrogens is 338 g/mol. The Morgan fingerprint density at radius 3 is 2.67 bits per heavy atom. The number of aromatic nitrogens is 4. The van der Waals surface area contributed by atoms with Gasteiger partial charge in [-0.25, -0.2) is 4.68 Å². The van der Waals surface area contributed by atoms with E-state index in [1.807, 2.05) is 41.9 Å². The second-order valence-corrected chi connectivity index (χ2v) is 6.73. The molecule has 0 atom stereocenters. The van der Waals surface area contributed by atoms with E-state index in [1.165, 1.54) is 5.56 Å². The fraction of sp³-hybridized carbons (Fsp3) is 0.190. The van der Waals surface area contributed by atoms with Gasteiger partial charge in [0, 0.05) is 10.9 Å². The van der Waals surface area contributed by atoms with Gasteiger partial charge in [0.05, 0.1) is 24.5 Å². The number of rotatable bonds is 5. The molecule has 0 aliphatic heterocycles. The zero-order chi connectivity index (χ0) is 18.8. The first-order chi connectivity index (χ1) is 13.1. The first-order valence-corrected chi connectivity index (χ1v) is 8.88. The summed E-state index contributed by atoms with van der Waals surface area (Å²) in [6.45, 7) is 4.77. The molecule has 1 amide bonds. The van der Waals surface area contributed by atoms with Crippen LogP contribution in [0.25, 0.3) is 10.9 Å². The number of carbonyl (C=O) groups excluding carboxylic acids is 1. The Morgan fingerprint density at radius 1 is 1.00 bits per heavy atom. The van der Waals surface area contributed by atoms with Crippen LogP contribution in [0.5, 0.6) is 0 Å². The molecule has 6 nitrogen and oxygen atoms in total. The van der Waals surface area contributed by atoms with Gasteiger partial charge >= 0.3 is 0 Å². The minimum absolute atomic E-state index is 0.127. The van der Waals surface area contributed by atoms with Crippen molar-refractivity contribution in [2.45, 2.75) is 26.9 Å². The number of hydrogen-bond acceptors (Lipinski definition) is 3. The molecule has 2 aromatic heterocycles. The molecule has 4 aromatic rings. The number of para-hydroxylation sites is 1. The zero-order valence-corrected chi connectivity index (χ0v) is 15.4. The molecule has 0 spiro atoms. The molecule has 2 heterocycles. The average molecular weight is 359 g/mol. The standard InChI is InChI=1S/C21H21N5O/c1-15-6-5-7-17(10-15)13-26-21(16(2)11-22-26)24-20(27)14-25-19-9-4-3-8-18(19)12-23-25/h3-12H,13-14H2,1-2H3,(H,24,27). The number of nitrogens with zero attached hydrogens (tertiary/aromatic N) is 4. The average Bonchev–Trinajstić information content (AvgIpc) is 3.20. The molecule has 27 heavy (non-hydrogen) atoms. The van der Waals surface area contributed by atoms with Crippen LogP contribution in [0.4, 0.5) is 5.82 Å². The molecule has 0 saturated carbocycles. The Hall–Kier alpha value is -3.41. The SMILES string of the molecule is Cc1cccc(Cn2ncc(C)c2NC(=O)Cn2ncc3ccccc32)c1. The van der Waals surface area contributed by atoms with Gasteiger partial charge in [0.2, 0.25) is 5.91 Å². The summed E-state index contributed by atoms with van der Waals surface area (Å²) >= 11 is 0. The molecule has 6 heteroatoms. The largest absolute Gasteiger partial charge is 0.309 e. The van der Waals surface area contributed by atoms with Crippen LogP contribution in [0.1, 0.15) is 16.7 Å². The van der Waals surface area contributed by atoms with Gasteiger partial charge in [-0.3, -0.25) is 9.48 Å². The lowest BCUT2D eigenvalue weighted by molar-refractivity contribution is -0.116. The summed E-state index contributed by atoms with van der Waals surface area (Å²) < 4.78 is 3.53. The number of amides is 1. The number of fused-ring (bicyclic) bond motifs is 1. The lowest BCUT2D eigenvalue weighted by atomic mass is 10.1. The zero-order valence-electron chi connectivity index (χ0n) is 15.4. The van der Waals surface area contributed by atoms with E-state index in [1.54, 1.807) is 17.1 Å². The van der Waals surface area contributed by atoms with Gasteiger partial charge in [-0.2, -0.15) is 10.2 Å². The smallest absolute Gasteiger partial charge is 0.247 e. The highest BCUT2D eigenvalue weighted by molar-refractivity contribution is 5.91. The lowest BCUT2D eigenvalue weighted by Crippen LogP contribution is -2.22. The third kappa shape index (κ3) is 3.60.